The number of carbonyl (C=O) groups is 1. The molecule has 6 nitrogen and oxygen atoms in total. The van der Waals surface area contributed by atoms with Gasteiger partial charge in [0.25, 0.3) is 0 Å². The second kappa shape index (κ2) is 8.43. The Morgan fingerprint density at radius 3 is 3.08 bits per heavy atom. The van der Waals surface area contributed by atoms with Gasteiger partial charge in [0.05, 0.1) is 24.8 Å². The van der Waals surface area contributed by atoms with Crippen LogP contribution in [-0.2, 0) is 11.2 Å². The van der Waals surface area contributed by atoms with Crippen LogP contribution in [0.15, 0.2) is 64.6 Å². The lowest BCUT2D eigenvalue weighted by atomic mass is 10.3. The molecule has 1 amide bonds. The third-order valence-electron chi connectivity index (χ3n) is 3.54. The standard InChI is InChI=1S/C18H19N3O3S/c1-23-16-5-2-4-14(12-16)21-10-9-20-18(21)25-13-17(22)19-8-7-15-6-3-11-24-15/h2-6,9-12H,7-8,13H2,1H3,(H,19,22). The summed E-state index contributed by atoms with van der Waals surface area (Å²) in [5.41, 5.74) is 0.942. The van der Waals surface area contributed by atoms with Crippen LogP contribution < -0.4 is 10.1 Å². The minimum Gasteiger partial charge on any atom is -0.497 e. The van der Waals surface area contributed by atoms with Crippen molar-refractivity contribution in [1.82, 2.24) is 14.9 Å². The van der Waals surface area contributed by atoms with Gasteiger partial charge in [-0.05, 0) is 24.3 Å². The molecule has 1 N–H and O–H groups in total. The normalized spacial score (nSPS) is 10.6. The maximum absolute atomic E-state index is 12.0. The average Bonchev–Trinajstić information content (AvgIpc) is 3.31. The zero-order valence-electron chi connectivity index (χ0n) is 13.8. The van der Waals surface area contributed by atoms with Crippen molar-refractivity contribution in [2.75, 3.05) is 19.4 Å². The topological polar surface area (TPSA) is 69.3 Å². The fourth-order valence-electron chi connectivity index (χ4n) is 2.31. The Balaban J connectivity index is 1.53. The Hall–Kier alpha value is -2.67. The van der Waals surface area contributed by atoms with E-state index in [1.165, 1.54) is 11.8 Å². The lowest BCUT2D eigenvalue weighted by Gasteiger charge is -2.09. The summed E-state index contributed by atoms with van der Waals surface area (Å²) in [6.45, 7) is 0.553. The fourth-order valence-corrected chi connectivity index (χ4v) is 3.12. The third kappa shape index (κ3) is 4.67. The quantitative estimate of drug-likeness (QED) is 0.628. The summed E-state index contributed by atoms with van der Waals surface area (Å²) in [5.74, 6) is 1.91. The number of methoxy groups -OCH3 is 1. The van der Waals surface area contributed by atoms with Gasteiger partial charge in [0.2, 0.25) is 5.91 Å². The maximum atomic E-state index is 12.0. The highest BCUT2D eigenvalue weighted by molar-refractivity contribution is 7.99. The molecule has 3 aromatic rings. The van der Waals surface area contributed by atoms with Gasteiger partial charge in [-0.25, -0.2) is 4.98 Å². The molecule has 0 aliphatic heterocycles. The lowest BCUT2D eigenvalue weighted by Crippen LogP contribution is -2.27. The van der Waals surface area contributed by atoms with E-state index < -0.39 is 0 Å². The predicted octanol–water partition coefficient (Wildman–Crippen LogP) is 2.92. The van der Waals surface area contributed by atoms with Crippen molar-refractivity contribution in [3.05, 3.63) is 60.8 Å². The molecule has 0 spiro atoms. The van der Waals surface area contributed by atoms with Crippen molar-refractivity contribution in [3.8, 4) is 11.4 Å². The van der Waals surface area contributed by atoms with Gasteiger partial charge in [-0.3, -0.25) is 9.36 Å². The molecule has 0 atom stereocenters. The number of nitrogens with one attached hydrogen (secondary N) is 1. The van der Waals surface area contributed by atoms with Crippen molar-refractivity contribution in [1.29, 1.82) is 0 Å². The number of rotatable bonds is 8. The molecule has 0 saturated carbocycles. The van der Waals surface area contributed by atoms with Gasteiger partial charge in [-0.2, -0.15) is 0 Å². The Bertz CT molecular complexity index is 815. The number of hydrogen-bond donors (Lipinski definition) is 1. The van der Waals surface area contributed by atoms with Gasteiger partial charge in [-0.15, -0.1) is 0 Å². The first kappa shape index (κ1) is 17.2. The third-order valence-corrected chi connectivity index (χ3v) is 4.51. The predicted molar refractivity (Wildman–Crippen MR) is 96.3 cm³/mol. The monoisotopic (exact) mass is 357 g/mol. The Kier molecular flexibility index (Phi) is 5.79. The number of amides is 1. The van der Waals surface area contributed by atoms with E-state index in [4.69, 9.17) is 9.15 Å². The molecule has 2 heterocycles. The van der Waals surface area contributed by atoms with E-state index in [1.807, 2.05) is 47.2 Å². The van der Waals surface area contributed by atoms with Crippen LogP contribution in [0.3, 0.4) is 0 Å². The number of furan rings is 1. The van der Waals surface area contributed by atoms with Crippen LogP contribution in [0.1, 0.15) is 5.76 Å². The molecule has 2 aromatic heterocycles. The van der Waals surface area contributed by atoms with E-state index in [2.05, 4.69) is 10.3 Å². The second-order valence-corrected chi connectivity index (χ2v) is 6.19. The van der Waals surface area contributed by atoms with Crippen molar-refractivity contribution < 1.29 is 13.9 Å². The number of benzene rings is 1. The van der Waals surface area contributed by atoms with Crippen LogP contribution in [0, 0.1) is 0 Å². The first-order chi connectivity index (χ1) is 12.3. The maximum Gasteiger partial charge on any atom is 0.230 e. The number of aromatic nitrogens is 2. The molecule has 3 rings (SSSR count). The first-order valence-electron chi connectivity index (χ1n) is 7.86. The summed E-state index contributed by atoms with van der Waals surface area (Å²) < 4.78 is 12.4. The van der Waals surface area contributed by atoms with Gasteiger partial charge in [0.15, 0.2) is 5.16 Å². The van der Waals surface area contributed by atoms with E-state index in [0.29, 0.717) is 18.7 Å². The minimum absolute atomic E-state index is 0.0308. The number of imidazole rings is 1. The summed E-state index contributed by atoms with van der Waals surface area (Å²) in [6, 6.07) is 11.4. The van der Waals surface area contributed by atoms with E-state index in [1.54, 1.807) is 19.6 Å². The molecule has 0 aliphatic carbocycles. The van der Waals surface area contributed by atoms with Crippen molar-refractivity contribution >= 4 is 17.7 Å². The van der Waals surface area contributed by atoms with Crippen molar-refractivity contribution in [3.63, 3.8) is 0 Å². The molecular weight excluding hydrogens is 338 g/mol. The fraction of sp³-hybridized carbons (Fsp3) is 0.222. The number of hydrogen-bond acceptors (Lipinski definition) is 5. The summed E-state index contributed by atoms with van der Waals surface area (Å²) in [5, 5.41) is 3.64. The smallest absolute Gasteiger partial charge is 0.230 e. The summed E-state index contributed by atoms with van der Waals surface area (Å²) >= 11 is 1.39. The highest BCUT2D eigenvalue weighted by atomic mass is 32.2. The second-order valence-electron chi connectivity index (χ2n) is 5.25. The largest absolute Gasteiger partial charge is 0.497 e. The van der Waals surface area contributed by atoms with Gasteiger partial charge in [0, 0.05) is 31.4 Å². The van der Waals surface area contributed by atoms with Gasteiger partial charge in [0.1, 0.15) is 11.5 Å². The zero-order valence-corrected chi connectivity index (χ0v) is 14.7. The molecular formula is C18H19N3O3S. The van der Waals surface area contributed by atoms with Crippen LogP contribution in [-0.4, -0.2) is 34.9 Å². The van der Waals surface area contributed by atoms with Gasteiger partial charge < -0.3 is 14.5 Å². The summed E-state index contributed by atoms with van der Waals surface area (Å²) in [7, 11) is 1.63. The number of ether oxygens (including phenoxy) is 1. The highest BCUT2D eigenvalue weighted by Crippen LogP contribution is 2.22. The van der Waals surface area contributed by atoms with Crippen LogP contribution in [0.25, 0.3) is 5.69 Å². The van der Waals surface area contributed by atoms with E-state index >= 15 is 0 Å². The van der Waals surface area contributed by atoms with Gasteiger partial charge in [-0.1, -0.05) is 17.8 Å². The van der Waals surface area contributed by atoms with E-state index in [9.17, 15) is 4.79 Å². The van der Waals surface area contributed by atoms with Crippen LogP contribution in [0.2, 0.25) is 0 Å². The van der Waals surface area contributed by atoms with Crippen LogP contribution >= 0.6 is 11.8 Å². The molecule has 0 unspecified atom stereocenters. The molecule has 0 fully saturated rings. The van der Waals surface area contributed by atoms with Crippen molar-refractivity contribution in [2.24, 2.45) is 0 Å². The van der Waals surface area contributed by atoms with Crippen LogP contribution in [0.4, 0.5) is 0 Å². The molecule has 1 aromatic carbocycles. The molecule has 7 heteroatoms. The van der Waals surface area contributed by atoms with Gasteiger partial charge >= 0.3 is 0 Å². The zero-order chi connectivity index (χ0) is 17.5. The molecule has 0 radical (unpaired) electrons. The Labute approximate surface area is 150 Å². The average molecular weight is 357 g/mol. The van der Waals surface area contributed by atoms with E-state index in [-0.39, 0.29) is 5.91 Å². The molecule has 0 bridgehead atoms. The highest BCUT2D eigenvalue weighted by Gasteiger charge is 2.09. The molecule has 0 aliphatic rings. The summed E-state index contributed by atoms with van der Waals surface area (Å²) in [6.07, 6.45) is 5.90. The lowest BCUT2D eigenvalue weighted by molar-refractivity contribution is -0.118. The minimum atomic E-state index is -0.0308. The Morgan fingerprint density at radius 2 is 2.28 bits per heavy atom. The molecule has 130 valence electrons. The summed E-state index contributed by atoms with van der Waals surface area (Å²) in [4.78, 5) is 16.3. The number of thioether (sulfide) groups is 1. The van der Waals surface area contributed by atoms with Crippen molar-refractivity contribution in [2.45, 2.75) is 11.6 Å². The number of carbonyl (C=O) groups excluding carboxylic acids is 1. The first-order valence-corrected chi connectivity index (χ1v) is 8.84. The van der Waals surface area contributed by atoms with E-state index in [0.717, 1.165) is 22.4 Å². The Morgan fingerprint density at radius 1 is 1.36 bits per heavy atom. The molecule has 25 heavy (non-hydrogen) atoms. The molecule has 0 saturated heterocycles. The SMILES string of the molecule is COc1cccc(-n2ccnc2SCC(=O)NCCc2ccco2)c1. The number of nitrogens with zero attached hydrogens (tertiary/aromatic N) is 2. The van der Waals surface area contributed by atoms with Crippen LogP contribution in [0.5, 0.6) is 5.75 Å².